The van der Waals surface area contributed by atoms with Gasteiger partial charge in [0.1, 0.15) is 40.0 Å². The number of nitrogens with one attached hydrogen (secondary N) is 1. The Kier molecular flexibility index (Phi) is 7.40. The Labute approximate surface area is 271 Å². The third-order valence-corrected chi connectivity index (χ3v) is 9.30. The second kappa shape index (κ2) is 11.2. The molecule has 4 aromatic rings. The van der Waals surface area contributed by atoms with Gasteiger partial charge in [0.25, 0.3) is 0 Å². The highest BCUT2D eigenvalue weighted by atomic mass is 32.2. The number of likely N-dealkylation sites (tertiary alicyclic amines) is 1. The number of rotatable bonds is 5. The third-order valence-electron chi connectivity index (χ3n) is 8.57. The van der Waals surface area contributed by atoms with E-state index in [0.29, 0.717) is 52.8 Å². The highest BCUT2D eigenvalue weighted by Crippen LogP contribution is 2.48. The van der Waals surface area contributed by atoms with Gasteiger partial charge in [-0.3, -0.25) is 5.32 Å². The predicted octanol–water partition coefficient (Wildman–Crippen LogP) is 6.62. The number of carbonyl (C=O) groups is 2. The molecule has 5 heterocycles. The number of furan rings is 1. The van der Waals surface area contributed by atoms with Crippen molar-refractivity contribution < 1.29 is 37.4 Å². The minimum Gasteiger partial charge on any atom is -0.465 e. The maximum atomic E-state index is 17.2. The van der Waals surface area contributed by atoms with E-state index in [2.05, 4.69) is 10.3 Å². The molecule has 12 nitrogen and oxygen atoms in total. The van der Waals surface area contributed by atoms with E-state index >= 15 is 8.78 Å². The van der Waals surface area contributed by atoms with Crippen LogP contribution in [0.2, 0.25) is 0 Å². The first-order valence-corrected chi connectivity index (χ1v) is 16.1. The first-order valence-electron chi connectivity index (χ1n) is 15.1. The highest BCUT2D eigenvalue weighted by molar-refractivity contribution is 7.99. The lowest BCUT2D eigenvalue weighted by atomic mass is 9.90. The highest BCUT2D eigenvalue weighted by Gasteiger charge is 2.47. The molecule has 2 atom stereocenters. The lowest BCUT2D eigenvalue weighted by Crippen LogP contribution is -2.48. The van der Waals surface area contributed by atoms with Crippen molar-refractivity contribution in [3.63, 3.8) is 0 Å². The van der Waals surface area contributed by atoms with Crippen molar-refractivity contribution in [2.75, 3.05) is 29.1 Å². The van der Waals surface area contributed by atoms with E-state index in [9.17, 15) is 20.0 Å². The number of benzene rings is 2. The van der Waals surface area contributed by atoms with Crippen LogP contribution in [0.1, 0.15) is 50.8 Å². The van der Waals surface area contributed by atoms with E-state index in [4.69, 9.17) is 18.9 Å². The normalized spacial score (nSPS) is 18.7. The molecule has 2 aromatic heterocycles. The van der Waals surface area contributed by atoms with Gasteiger partial charge in [0, 0.05) is 24.2 Å². The summed E-state index contributed by atoms with van der Waals surface area (Å²) in [5.74, 6) is -0.800. The molecule has 0 unspecified atom stereocenters. The van der Waals surface area contributed by atoms with Gasteiger partial charge in [0.05, 0.1) is 36.1 Å². The molecule has 47 heavy (non-hydrogen) atoms. The minimum atomic E-state index is -0.978. The summed E-state index contributed by atoms with van der Waals surface area (Å²) in [5.41, 5.74) is -0.391. The van der Waals surface area contributed by atoms with Crippen molar-refractivity contribution in [3.8, 4) is 17.2 Å². The zero-order valence-corrected chi connectivity index (χ0v) is 26.8. The third kappa shape index (κ3) is 5.06. The van der Waals surface area contributed by atoms with E-state index < -0.39 is 29.4 Å². The van der Waals surface area contributed by atoms with Gasteiger partial charge in [-0.05, 0) is 56.2 Å². The predicted molar refractivity (Wildman–Crippen MR) is 168 cm³/mol. The van der Waals surface area contributed by atoms with E-state index in [0.717, 1.165) is 6.07 Å². The number of carbonyl (C=O) groups excluding carboxylic acids is 1. The van der Waals surface area contributed by atoms with Crippen LogP contribution >= 0.6 is 11.8 Å². The second-order valence-corrected chi connectivity index (χ2v) is 13.8. The van der Waals surface area contributed by atoms with Crippen molar-refractivity contribution >= 4 is 57.5 Å². The summed E-state index contributed by atoms with van der Waals surface area (Å²) in [4.78, 5) is 37.2. The SMILES string of the molecule is CCSc1nc(N2C[C@H]3C[C@@H]2CN3C(=O)O)c2c3c(c(-c4c(F)ccc5oc(NC(=O)OC(C)(C)C)c(C#N)c45)c(F)c2n1)COC3. The molecule has 0 saturated carbocycles. The summed E-state index contributed by atoms with van der Waals surface area (Å²) in [6.45, 7) is 7.66. The molecule has 7 rings (SSSR count). The standard InChI is InChI=1S/C32H30F2N6O6S/c1-5-47-29-36-26-23(27(37-29)39-10-15-8-14(39)11-40(15)31(42)43)18-13-44-12-17(18)22(25(26)34)24-19(33)6-7-20-21(24)16(9-35)28(45-20)38-30(41)46-32(2,3)4/h6-7,14-15H,5,8,10-13H2,1-4H3,(H,38,41)(H,42,43)/t14-,15-/m1/s1. The number of piperazine rings is 1. The summed E-state index contributed by atoms with van der Waals surface area (Å²) < 4.78 is 50.1. The molecular formula is C32H30F2N6O6S. The van der Waals surface area contributed by atoms with E-state index in [1.807, 2.05) is 17.9 Å². The van der Waals surface area contributed by atoms with Crippen molar-refractivity contribution in [2.45, 2.75) is 70.2 Å². The van der Waals surface area contributed by atoms with Gasteiger partial charge in [-0.2, -0.15) is 5.26 Å². The van der Waals surface area contributed by atoms with E-state index in [-0.39, 0.29) is 64.4 Å². The molecule has 0 spiro atoms. The largest absolute Gasteiger partial charge is 0.465 e. The molecule has 3 aliphatic heterocycles. The zero-order chi connectivity index (χ0) is 33.4. The molecule has 15 heteroatoms. The van der Waals surface area contributed by atoms with Crippen LogP contribution in [0.5, 0.6) is 0 Å². The van der Waals surface area contributed by atoms with Gasteiger partial charge >= 0.3 is 12.2 Å². The molecule has 244 valence electrons. The molecule has 2 aromatic carbocycles. The Morgan fingerprint density at radius 2 is 1.91 bits per heavy atom. The Hall–Kier alpha value is -4.68. The van der Waals surface area contributed by atoms with Gasteiger partial charge in [0.15, 0.2) is 11.0 Å². The van der Waals surface area contributed by atoms with Crippen LogP contribution in [0.3, 0.4) is 0 Å². The Bertz CT molecular complexity index is 2040. The lowest BCUT2D eigenvalue weighted by molar-refractivity contribution is 0.0632. The number of nitriles is 1. The summed E-state index contributed by atoms with van der Waals surface area (Å²) >= 11 is 1.32. The fourth-order valence-corrected chi connectivity index (χ4v) is 7.38. The van der Waals surface area contributed by atoms with Crippen LogP contribution in [-0.4, -0.2) is 68.7 Å². The molecule has 2 saturated heterocycles. The number of amides is 2. The lowest BCUT2D eigenvalue weighted by Gasteiger charge is -2.34. The number of anilines is 2. The van der Waals surface area contributed by atoms with Crippen molar-refractivity contribution in [1.29, 1.82) is 5.26 Å². The zero-order valence-electron chi connectivity index (χ0n) is 25.9. The molecule has 2 fully saturated rings. The smallest absolute Gasteiger partial charge is 0.414 e. The molecule has 2 amide bonds. The summed E-state index contributed by atoms with van der Waals surface area (Å²) in [7, 11) is 0. The summed E-state index contributed by atoms with van der Waals surface area (Å²) in [5, 5.41) is 23.0. The maximum absolute atomic E-state index is 17.2. The average Bonchev–Trinajstić information content (AvgIpc) is 3.80. The monoisotopic (exact) mass is 664 g/mol. The van der Waals surface area contributed by atoms with Crippen LogP contribution in [0.25, 0.3) is 33.0 Å². The van der Waals surface area contributed by atoms with Crippen LogP contribution in [0.4, 0.5) is 30.1 Å². The number of thioether (sulfide) groups is 1. The number of aromatic nitrogens is 2. The quantitative estimate of drug-likeness (QED) is 0.175. The van der Waals surface area contributed by atoms with Gasteiger partial charge < -0.3 is 28.8 Å². The minimum absolute atomic E-state index is 0.0195. The number of fused-ring (bicyclic) bond motifs is 6. The molecular weight excluding hydrogens is 634 g/mol. The van der Waals surface area contributed by atoms with Gasteiger partial charge in [0.2, 0.25) is 5.88 Å². The van der Waals surface area contributed by atoms with Crippen LogP contribution in [-0.2, 0) is 22.7 Å². The fourth-order valence-electron chi connectivity index (χ4n) is 6.82. The topological polar surface area (TPSA) is 154 Å². The van der Waals surface area contributed by atoms with E-state index in [1.165, 1.54) is 22.7 Å². The van der Waals surface area contributed by atoms with E-state index in [1.54, 1.807) is 20.8 Å². The Balaban J connectivity index is 1.45. The Morgan fingerprint density at radius 3 is 2.57 bits per heavy atom. The number of hydrogen-bond donors (Lipinski definition) is 2. The van der Waals surface area contributed by atoms with Gasteiger partial charge in [-0.25, -0.2) is 28.3 Å². The summed E-state index contributed by atoms with van der Waals surface area (Å²) in [6.07, 6.45) is -1.24. The molecule has 2 bridgehead atoms. The number of nitrogens with zero attached hydrogens (tertiary/aromatic N) is 5. The first-order chi connectivity index (χ1) is 22.4. The van der Waals surface area contributed by atoms with Gasteiger partial charge in [-0.1, -0.05) is 18.7 Å². The average molecular weight is 665 g/mol. The first kappa shape index (κ1) is 30.9. The van der Waals surface area contributed by atoms with Crippen LogP contribution in [0, 0.1) is 23.0 Å². The molecule has 0 aliphatic carbocycles. The maximum Gasteiger partial charge on any atom is 0.414 e. The van der Waals surface area contributed by atoms with Gasteiger partial charge in [-0.15, -0.1) is 0 Å². The number of halogens is 2. The molecule has 3 aliphatic rings. The van der Waals surface area contributed by atoms with Crippen molar-refractivity contribution in [1.82, 2.24) is 14.9 Å². The number of ether oxygens (including phenoxy) is 2. The second-order valence-electron chi connectivity index (χ2n) is 12.6. The van der Waals surface area contributed by atoms with Crippen LogP contribution in [0.15, 0.2) is 21.7 Å². The Morgan fingerprint density at radius 1 is 1.15 bits per heavy atom. The molecule has 0 radical (unpaired) electrons. The molecule has 2 N–H and O–H groups in total. The number of hydrogen-bond acceptors (Lipinski definition) is 10. The number of carboxylic acid groups (broad SMARTS) is 1. The fraction of sp³-hybridized carbons (Fsp3) is 0.406. The summed E-state index contributed by atoms with van der Waals surface area (Å²) in [6, 6.07) is 4.03. The van der Waals surface area contributed by atoms with Crippen LogP contribution < -0.4 is 10.2 Å². The van der Waals surface area contributed by atoms with Crippen molar-refractivity contribution in [3.05, 3.63) is 40.5 Å². The van der Waals surface area contributed by atoms with Crippen molar-refractivity contribution in [2.24, 2.45) is 0 Å².